The number of rotatable bonds is 9. The lowest BCUT2D eigenvalue weighted by atomic mass is 10.0. The van der Waals surface area contributed by atoms with Gasteiger partial charge in [-0.05, 0) is 87.1 Å². The molecule has 0 bridgehead atoms. The molecule has 0 spiro atoms. The van der Waals surface area contributed by atoms with E-state index in [0.29, 0.717) is 18.4 Å². The van der Waals surface area contributed by atoms with Crippen LogP contribution in [0, 0.1) is 41.5 Å². The van der Waals surface area contributed by atoms with Gasteiger partial charge in [0.2, 0.25) is 0 Å². The third kappa shape index (κ3) is 5.94. The molecule has 0 atom stereocenters. The van der Waals surface area contributed by atoms with Crippen LogP contribution in [-0.2, 0) is 17.7 Å². The van der Waals surface area contributed by atoms with Gasteiger partial charge in [0, 0.05) is 18.4 Å². The van der Waals surface area contributed by atoms with Gasteiger partial charge in [0.25, 0.3) is 7.44 Å². The van der Waals surface area contributed by atoms with E-state index in [1.54, 1.807) is 0 Å². The van der Waals surface area contributed by atoms with Crippen molar-refractivity contribution < 1.29 is 4.57 Å². The second-order valence-corrected chi connectivity index (χ2v) is 10.8. The van der Waals surface area contributed by atoms with Gasteiger partial charge in [-0.2, -0.15) is 10.4 Å². The maximum atomic E-state index is 13.9. The smallest absolute Gasteiger partial charge is 0.266 e. The molecular weight excluding hydrogens is 415 g/mol. The molecule has 0 amide bonds. The molecule has 0 radical (unpaired) electrons. The Hall–Kier alpha value is -2.27. The fourth-order valence-electron chi connectivity index (χ4n) is 4.25. The molecular formula is C26H35N4OP. The normalized spacial score (nSPS) is 11.7. The van der Waals surface area contributed by atoms with Gasteiger partial charge in [-0.3, -0.25) is 4.57 Å². The molecule has 4 N–H and O–H groups in total. The van der Waals surface area contributed by atoms with E-state index in [2.05, 4.69) is 87.1 Å². The van der Waals surface area contributed by atoms with Crippen LogP contribution in [0.25, 0.3) is 0 Å². The molecule has 0 aliphatic heterocycles. The van der Waals surface area contributed by atoms with Crippen LogP contribution >= 0.6 is 7.44 Å². The van der Waals surface area contributed by atoms with Gasteiger partial charge >= 0.3 is 0 Å². The SMILES string of the molecule is Cc1cc(C)c(CNNP(=O)(NNCc2c(C)cc(C)cc2C)c2ccccc2)c(C)c1. The van der Waals surface area contributed by atoms with E-state index >= 15 is 0 Å². The van der Waals surface area contributed by atoms with E-state index in [9.17, 15) is 4.57 Å². The van der Waals surface area contributed by atoms with Crippen LogP contribution in [0.4, 0.5) is 0 Å². The molecule has 170 valence electrons. The quantitative estimate of drug-likeness (QED) is 0.275. The van der Waals surface area contributed by atoms with E-state index in [1.165, 1.54) is 44.5 Å². The predicted molar refractivity (Wildman–Crippen MR) is 135 cm³/mol. The first-order valence-corrected chi connectivity index (χ1v) is 12.7. The van der Waals surface area contributed by atoms with Gasteiger partial charge in [0.05, 0.1) is 0 Å². The number of benzene rings is 3. The Morgan fingerprint density at radius 1 is 0.625 bits per heavy atom. The van der Waals surface area contributed by atoms with Crippen molar-refractivity contribution in [1.82, 2.24) is 21.2 Å². The summed E-state index contributed by atoms with van der Waals surface area (Å²) in [4.78, 5) is 0. The number of hydrogen-bond donors (Lipinski definition) is 4. The lowest BCUT2D eigenvalue weighted by Crippen LogP contribution is -2.43. The highest BCUT2D eigenvalue weighted by Crippen LogP contribution is 2.33. The summed E-state index contributed by atoms with van der Waals surface area (Å²) in [5.74, 6) is 0. The number of hydrogen-bond acceptors (Lipinski definition) is 3. The van der Waals surface area contributed by atoms with Crippen LogP contribution in [-0.4, -0.2) is 0 Å². The van der Waals surface area contributed by atoms with Crippen molar-refractivity contribution in [2.24, 2.45) is 0 Å². The van der Waals surface area contributed by atoms with E-state index in [1.807, 2.05) is 30.3 Å². The van der Waals surface area contributed by atoms with Crippen molar-refractivity contribution in [3.63, 3.8) is 0 Å². The molecule has 0 heterocycles. The summed E-state index contributed by atoms with van der Waals surface area (Å²) in [7, 11) is -3.15. The summed E-state index contributed by atoms with van der Waals surface area (Å²) in [6.07, 6.45) is 0. The lowest BCUT2D eigenvalue weighted by molar-refractivity contribution is 0.522. The lowest BCUT2D eigenvalue weighted by Gasteiger charge is -2.23. The first-order chi connectivity index (χ1) is 15.2. The highest BCUT2D eigenvalue weighted by Gasteiger charge is 2.24. The largest absolute Gasteiger partial charge is 0.281 e. The van der Waals surface area contributed by atoms with Crippen LogP contribution in [0.15, 0.2) is 54.6 Å². The molecule has 3 aromatic carbocycles. The number of hydrazine groups is 2. The molecule has 32 heavy (non-hydrogen) atoms. The molecule has 5 nitrogen and oxygen atoms in total. The Bertz CT molecular complexity index is 1010. The van der Waals surface area contributed by atoms with Crippen LogP contribution in [0.3, 0.4) is 0 Å². The van der Waals surface area contributed by atoms with Gasteiger partial charge in [0.1, 0.15) is 0 Å². The van der Waals surface area contributed by atoms with E-state index < -0.39 is 7.44 Å². The molecule has 0 saturated carbocycles. The molecule has 0 aliphatic carbocycles. The van der Waals surface area contributed by atoms with E-state index in [4.69, 9.17) is 0 Å². The zero-order chi connectivity index (χ0) is 23.3. The standard InChI is InChI=1S/C26H35N4OP/c1-18-12-20(3)25(21(4)13-18)16-27-29-32(31,24-10-8-7-9-11-24)30-28-17-26-22(5)14-19(2)15-23(26)6/h7-15,27-28H,16-17H2,1-6H3,(H2,29,30,31). The molecule has 3 aromatic rings. The van der Waals surface area contributed by atoms with Gasteiger partial charge in [-0.25, -0.2) is 10.9 Å². The van der Waals surface area contributed by atoms with Crippen LogP contribution in [0.1, 0.15) is 44.5 Å². The van der Waals surface area contributed by atoms with Gasteiger partial charge in [-0.1, -0.05) is 53.6 Å². The second kappa shape index (κ2) is 10.6. The maximum absolute atomic E-state index is 13.9. The average Bonchev–Trinajstić information content (AvgIpc) is 2.72. The first-order valence-electron chi connectivity index (χ1n) is 11.0. The van der Waals surface area contributed by atoms with Crippen molar-refractivity contribution in [2.75, 3.05) is 0 Å². The molecule has 0 aromatic heterocycles. The third-order valence-electron chi connectivity index (χ3n) is 5.80. The highest BCUT2D eigenvalue weighted by atomic mass is 31.2. The van der Waals surface area contributed by atoms with E-state index in [0.717, 1.165) is 0 Å². The van der Waals surface area contributed by atoms with Crippen LogP contribution < -0.4 is 26.5 Å². The summed E-state index contributed by atoms with van der Waals surface area (Å²) in [6.45, 7) is 13.8. The summed E-state index contributed by atoms with van der Waals surface area (Å²) >= 11 is 0. The minimum Gasteiger partial charge on any atom is -0.281 e. The van der Waals surface area contributed by atoms with Crippen LogP contribution in [0.2, 0.25) is 0 Å². The maximum Gasteiger partial charge on any atom is 0.266 e. The predicted octanol–water partition coefficient (Wildman–Crippen LogP) is 4.94. The highest BCUT2D eigenvalue weighted by molar-refractivity contribution is 7.67. The van der Waals surface area contributed by atoms with Crippen molar-refractivity contribution in [2.45, 2.75) is 54.6 Å². The number of nitrogens with one attached hydrogen (secondary N) is 4. The Morgan fingerprint density at radius 3 is 1.38 bits per heavy atom. The number of aryl methyl sites for hydroxylation is 6. The Morgan fingerprint density at radius 2 is 1.00 bits per heavy atom. The topological polar surface area (TPSA) is 65.2 Å². The fraction of sp³-hybridized carbons (Fsp3) is 0.308. The van der Waals surface area contributed by atoms with Crippen molar-refractivity contribution in [1.29, 1.82) is 0 Å². The molecule has 3 rings (SSSR count). The summed E-state index contributed by atoms with van der Waals surface area (Å²) < 4.78 is 13.9. The Balaban J connectivity index is 1.72. The van der Waals surface area contributed by atoms with Crippen molar-refractivity contribution in [3.05, 3.63) is 99.1 Å². The second-order valence-electron chi connectivity index (χ2n) is 8.63. The Labute approximate surface area is 192 Å². The van der Waals surface area contributed by atoms with E-state index in [-0.39, 0.29) is 0 Å². The van der Waals surface area contributed by atoms with Gasteiger partial charge < -0.3 is 0 Å². The zero-order valence-corrected chi connectivity index (χ0v) is 20.9. The molecule has 0 fully saturated rings. The summed E-state index contributed by atoms with van der Waals surface area (Å²) in [5.41, 5.74) is 16.2. The van der Waals surface area contributed by atoms with Crippen molar-refractivity contribution >= 4 is 12.7 Å². The third-order valence-corrected chi connectivity index (χ3v) is 7.78. The van der Waals surface area contributed by atoms with Gasteiger partial charge in [-0.15, -0.1) is 0 Å². The fourth-order valence-corrected chi connectivity index (χ4v) is 5.76. The summed E-state index contributed by atoms with van der Waals surface area (Å²) in [6, 6.07) is 18.2. The average molecular weight is 451 g/mol. The molecule has 6 heteroatoms. The zero-order valence-electron chi connectivity index (χ0n) is 20.0. The first kappa shape index (κ1) is 24.4. The minimum absolute atomic E-state index is 0.576. The summed E-state index contributed by atoms with van der Waals surface area (Å²) in [5, 5.41) is 6.88. The van der Waals surface area contributed by atoms with Crippen molar-refractivity contribution in [3.8, 4) is 0 Å². The van der Waals surface area contributed by atoms with Crippen LogP contribution in [0.5, 0.6) is 0 Å². The minimum atomic E-state index is -3.15. The molecule has 0 saturated heterocycles. The van der Waals surface area contributed by atoms with Gasteiger partial charge in [0.15, 0.2) is 0 Å². The Kier molecular flexibility index (Phi) is 8.05. The molecule has 0 unspecified atom stereocenters. The molecule has 0 aliphatic rings. The monoisotopic (exact) mass is 450 g/mol.